The van der Waals surface area contributed by atoms with Gasteiger partial charge in [-0.05, 0) is 36.9 Å². The van der Waals surface area contributed by atoms with Gasteiger partial charge >= 0.3 is 0 Å². The maximum Gasteiger partial charge on any atom is 0.269 e. The molecule has 0 spiro atoms. The van der Waals surface area contributed by atoms with E-state index in [1.807, 2.05) is 13.0 Å². The molecule has 0 radical (unpaired) electrons. The summed E-state index contributed by atoms with van der Waals surface area (Å²) in [5, 5.41) is 10.6. The summed E-state index contributed by atoms with van der Waals surface area (Å²) in [5.74, 6) is 1.14. The van der Waals surface area contributed by atoms with Gasteiger partial charge in [0.05, 0.1) is 10.6 Å². The third-order valence-electron chi connectivity index (χ3n) is 2.41. The normalized spacial score (nSPS) is 15.7. The van der Waals surface area contributed by atoms with Crippen molar-refractivity contribution in [3.63, 3.8) is 0 Å². The van der Waals surface area contributed by atoms with Crippen LogP contribution in [0.25, 0.3) is 0 Å². The standard InChI is InChI=1S/C10H12N2O2S/c1-8-7-9(12(13)14)3-4-10(8)11-5-2-6-15-11/h3-4,7H,2,5-6H2,1H3. The average molecular weight is 224 g/mol. The molecule has 1 aliphatic rings. The maximum atomic E-state index is 10.6. The van der Waals surface area contributed by atoms with E-state index < -0.39 is 0 Å². The number of nitro benzene ring substituents is 1. The van der Waals surface area contributed by atoms with Crippen molar-refractivity contribution < 1.29 is 4.92 Å². The van der Waals surface area contributed by atoms with Gasteiger partial charge in [-0.2, -0.15) is 0 Å². The van der Waals surface area contributed by atoms with Crippen LogP contribution in [0.2, 0.25) is 0 Å². The molecule has 0 amide bonds. The minimum atomic E-state index is -0.353. The molecule has 1 fully saturated rings. The Hall–Kier alpha value is -1.23. The monoisotopic (exact) mass is 224 g/mol. The van der Waals surface area contributed by atoms with Crippen LogP contribution in [-0.4, -0.2) is 17.2 Å². The van der Waals surface area contributed by atoms with Gasteiger partial charge in [-0.3, -0.25) is 10.1 Å². The molecule has 0 unspecified atom stereocenters. The highest BCUT2D eigenvalue weighted by Gasteiger charge is 2.17. The van der Waals surface area contributed by atoms with Crippen molar-refractivity contribution in [1.82, 2.24) is 0 Å². The smallest absolute Gasteiger partial charge is 0.269 e. The second kappa shape index (κ2) is 4.10. The number of non-ortho nitro benzene ring substituents is 1. The molecule has 0 N–H and O–H groups in total. The van der Waals surface area contributed by atoms with E-state index in [0.717, 1.165) is 23.5 Å². The molecule has 4 nitrogen and oxygen atoms in total. The molecular weight excluding hydrogens is 212 g/mol. The summed E-state index contributed by atoms with van der Waals surface area (Å²) in [7, 11) is 0. The number of anilines is 1. The zero-order valence-electron chi connectivity index (χ0n) is 8.47. The van der Waals surface area contributed by atoms with E-state index in [1.165, 1.54) is 6.42 Å². The fourth-order valence-electron chi connectivity index (χ4n) is 1.67. The van der Waals surface area contributed by atoms with Crippen LogP contribution in [0, 0.1) is 17.0 Å². The topological polar surface area (TPSA) is 46.4 Å². The fourth-order valence-corrected chi connectivity index (χ4v) is 2.75. The highest BCUT2D eigenvalue weighted by atomic mass is 32.2. The Bertz CT molecular complexity index is 389. The van der Waals surface area contributed by atoms with Crippen molar-refractivity contribution in [3.8, 4) is 0 Å². The number of nitrogens with zero attached hydrogens (tertiary/aromatic N) is 2. The quantitative estimate of drug-likeness (QED) is 0.440. The van der Waals surface area contributed by atoms with E-state index in [0.29, 0.717) is 0 Å². The highest BCUT2D eigenvalue weighted by molar-refractivity contribution is 8.00. The Morgan fingerprint density at radius 3 is 2.87 bits per heavy atom. The first-order chi connectivity index (χ1) is 7.18. The molecule has 2 rings (SSSR count). The molecule has 0 saturated carbocycles. The van der Waals surface area contributed by atoms with E-state index in [-0.39, 0.29) is 10.6 Å². The first-order valence-corrected chi connectivity index (χ1v) is 5.78. The molecule has 1 heterocycles. The van der Waals surface area contributed by atoms with E-state index in [9.17, 15) is 10.1 Å². The third kappa shape index (κ3) is 2.07. The number of hydrogen-bond acceptors (Lipinski definition) is 4. The largest absolute Gasteiger partial charge is 0.316 e. The van der Waals surface area contributed by atoms with E-state index >= 15 is 0 Å². The third-order valence-corrected chi connectivity index (χ3v) is 3.57. The predicted molar refractivity (Wildman–Crippen MR) is 62.3 cm³/mol. The van der Waals surface area contributed by atoms with Gasteiger partial charge in [0.25, 0.3) is 5.69 Å². The predicted octanol–water partition coefficient (Wildman–Crippen LogP) is 2.76. The molecule has 1 aromatic rings. The van der Waals surface area contributed by atoms with Crippen molar-refractivity contribution in [3.05, 3.63) is 33.9 Å². The van der Waals surface area contributed by atoms with Gasteiger partial charge in [-0.15, -0.1) is 0 Å². The zero-order valence-corrected chi connectivity index (χ0v) is 9.29. The van der Waals surface area contributed by atoms with Crippen molar-refractivity contribution in [2.75, 3.05) is 16.6 Å². The van der Waals surface area contributed by atoms with Crippen LogP contribution >= 0.6 is 11.9 Å². The number of rotatable bonds is 2. The summed E-state index contributed by atoms with van der Waals surface area (Å²) in [6, 6.07) is 5.04. The van der Waals surface area contributed by atoms with Crippen LogP contribution in [0.5, 0.6) is 0 Å². The SMILES string of the molecule is Cc1cc([N+](=O)[O-])ccc1N1CCCS1. The number of hydrogen-bond donors (Lipinski definition) is 0. The van der Waals surface area contributed by atoms with Crippen LogP contribution in [0.4, 0.5) is 11.4 Å². The van der Waals surface area contributed by atoms with Crippen LogP contribution < -0.4 is 4.31 Å². The van der Waals surface area contributed by atoms with E-state index in [2.05, 4.69) is 4.31 Å². The molecule has 5 heteroatoms. The summed E-state index contributed by atoms with van der Waals surface area (Å²) in [5.41, 5.74) is 2.24. The Labute approximate surface area is 92.6 Å². The summed E-state index contributed by atoms with van der Waals surface area (Å²) in [4.78, 5) is 10.2. The Morgan fingerprint density at radius 2 is 2.33 bits per heavy atom. The first kappa shape index (κ1) is 10.3. The van der Waals surface area contributed by atoms with Crippen LogP contribution in [0.3, 0.4) is 0 Å². The van der Waals surface area contributed by atoms with Gasteiger partial charge in [0.2, 0.25) is 0 Å². The second-order valence-corrected chi connectivity index (χ2v) is 4.62. The van der Waals surface area contributed by atoms with Crippen molar-refractivity contribution in [1.29, 1.82) is 0 Å². The molecular formula is C10H12N2O2S. The second-order valence-electron chi connectivity index (χ2n) is 3.52. The Morgan fingerprint density at radius 1 is 1.53 bits per heavy atom. The Kier molecular flexibility index (Phi) is 2.81. The lowest BCUT2D eigenvalue weighted by Gasteiger charge is -2.17. The van der Waals surface area contributed by atoms with E-state index in [4.69, 9.17) is 0 Å². The summed E-state index contributed by atoms with van der Waals surface area (Å²) < 4.78 is 2.21. The molecule has 1 aliphatic heterocycles. The minimum absolute atomic E-state index is 0.167. The van der Waals surface area contributed by atoms with Crippen LogP contribution in [0.15, 0.2) is 18.2 Å². The van der Waals surface area contributed by atoms with Gasteiger partial charge in [0.1, 0.15) is 0 Å². The van der Waals surface area contributed by atoms with Crippen LogP contribution in [-0.2, 0) is 0 Å². The lowest BCUT2D eigenvalue weighted by molar-refractivity contribution is -0.384. The summed E-state index contributed by atoms with van der Waals surface area (Å²) in [6.07, 6.45) is 1.18. The fraction of sp³-hybridized carbons (Fsp3) is 0.400. The van der Waals surface area contributed by atoms with Gasteiger partial charge in [0, 0.05) is 24.4 Å². The molecule has 0 aromatic heterocycles. The molecule has 80 valence electrons. The first-order valence-electron chi connectivity index (χ1n) is 4.84. The molecule has 0 atom stereocenters. The van der Waals surface area contributed by atoms with Crippen LogP contribution in [0.1, 0.15) is 12.0 Å². The Balaban J connectivity index is 2.29. The lowest BCUT2D eigenvalue weighted by atomic mass is 10.2. The van der Waals surface area contributed by atoms with Crippen molar-refractivity contribution in [2.24, 2.45) is 0 Å². The molecule has 0 bridgehead atoms. The van der Waals surface area contributed by atoms with Gasteiger partial charge < -0.3 is 4.31 Å². The number of nitro groups is 1. The number of aryl methyl sites for hydroxylation is 1. The van der Waals surface area contributed by atoms with Crippen molar-refractivity contribution >= 4 is 23.3 Å². The minimum Gasteiger partial charge on any atom is -0.316 e. The maximum absolute atomic E-state index is 10.6. The lowest BCUT2D eigenvalue weighted by Crippen LogP contribution is -2.10. The van der Waals surface area contributed by atoms with Gasteiger partial charge in [-0.1, -0.05) is 0 Å². The highest BCUT2D eigenvalue weighted by Crippen LogP contribution is 2.32. The van der Waals surface area contributed by atoms with Gasteiger partial charge in [-0.25, -0.2) is 0 Å². The van der Waals surface area contributed by atoms with Crippen molar-refractivity contribution in [2.45, 2.75) is 13.3 Å². The summed E-state index contributed by atoms with van der Waals surface area (Å²) in [6.45, 7) is 2.95. The number of benzene rings is 1. The van der Waals surface area contributed by atoms with E-state index in [1.54, 1.807) is 24.1 Å². The molecule has 1 aromatic carbocycles. The average Bonchev–Trinajstić information content (AvgIpc) is 2.70. The molecule has 0 aliphatic carbocycles. The zero-order chi connectivity index (χ0) is 10.8. The molecule has 1 saturated heterocycles. The van der Waals surface area contributed by atoms with Gasteiger partial charge in [0.15, 0.2) is 0 Å². The molecule has 15 heavy (non-hydrogen) atoms. The summed E-state index contributed by atoms with van der Waals surface area (Å²) >= 11 is 1.79.